The van der Waals surface area contributed by atoms with Crippen LogP contribution < -0.4 is 9.64 Å². The Kier molecular flexibility index (Phi) is 6.92. The summed E-state index contributed by atoms with van der Waals surface area (Å²) in [4.78, 5) is 27.2. The number of piperazine rings is 1. The van der Waals surface area contributed by atoms with E-state index >= 15 is 0 Å². The van der Waals surface area contributed by atoms with Gasteiger partial charge in [-0.1, -0.05) is 36.4 Å². The third-order valence-electron chi connectivity index (χ3n) is 7.33. The Morgan fingerprint density at radius 1 is 0.947 bits per heavy atom. The first-order valence-corrected chi connectivity index (χ1v) is 13.3. The molecule has 2 aromatic carbocycles. The van der Waals surface area contributed by atoms with Gasteiger partial charge in [0.25, 0.3) is 5.91 Å². The Hall–Kier alpha value is -3.98. The Labute approximate surface area is 222 Å². The van der Waals surface area contributed by atoms with Gasteiger partial charge in [-0.15, -0.1) is 0 Å². The normalized spacial score (nSPS) is 16.7. The zero-order valence-corrected chi connectivity index (χ0v) is 21.6. The zero-order valence-electron chi connectivity index (χ0n) is 21.6. The van der Waals surface area contributed by atoms with E-state index in [0.29, 0.717) is 31.9 Å². The van der Waals surface area contributed by atoms with Crippen LogP contribution in [-0.2, 0) is 9.53 Å². The molecule has 2 aromatic heterocycles. The van der Waals surface area contributed by atoms with Crippen molar-refractivity contribution >= 4 is 22.8 Å². The molecule has 4 heterocycles. The van der Waals surface area contributed by atoms with Crippen LogP contribution in [0.2, 0.25) is 0 Å². The lowest BCUT2D eigenvalue weighted by Gasteiger charge is -2.36. The van der Waals surface area contributed by atoms with Crippen molar-refractivity contribution in [3.63, 3.8) is 0 Å². The van der Waals surface area contributed by atoms with Crippen LogP contribution in [0.25, 0.3) is 16.7 Å². The van der Waals surface area contributed by atoms with Crippen LogP contribution in [0.4, 0.5) is 5.82 Å². The van der Waals surface area contributed by atoms with E-state index in [1.807, 2.05) is 77.2 Å². The molecule has 0 saturated carbocycles. The van der Waals surface area contributed by atoms with Gasteiger partial charge in [0.05, 0.1) is 16.8 Å². The van der Waals surface area contributed by atoms with E-state index in [-0.39, 0.29) is 18.4 Å². The molecule has 1 amide bonds. The minimum Gasteiger partial charge on any atom is -0.484 e. The average molecular weight is 513 g/mol. The number of hydrogen-bond donors (Lipinski definition) is 0. The van der Waals surface area contributed by atoms with E-state index in [1.165, 1.54) is 0 Å². The Balaban J connectivity index is 1.27. The molecule has 9 heteroatoms. The van der Waals surface area contributed by atoms with Gasteiger partial charge in [-0.25, -0.2) is 14.6 Å². The molecule has 0 atom stereocenters. The number of amides is 1. The number of anilines is 1. The van der Waals surface area contributed by atoms with E-state index in [0.717, 1.165) is 60.1 Å². The predicted octanol–water partition coefficient (Wildman–Crippen LogP) is 3.75. The number of carbonyl (C=O) groups is 1. The topological polar surface area (TPSA) is 85.6 Å². The first kappa shape index (κ1) is 24.4. The lowest BCUT2D eigenvalue weighted by Crippen LogP contribution is -2.50. The molecule has 38 heavy (non-hydrogen) atoms. The molecule has 0 unspecified atom stereocenters. The van der Waals surface area contributed by atoms with Crippen molar-refractivity contribution in [1.82, 2.24) is 24.6 Å². The number of nitrogens with zero attached hydrogens (tertiary/aromatic N) is 6. The van der Waals surface area contributed by atoms with Crippen LogP contribution in [0, 0.1) is 6.92 Å². The van der Waals surface area contributed by atoms with Crippen LogP contribution in [0.15, 0.2) is 60.7 Å². The van der Waals surface area contributed by atoms with Crippen molar-refractivity contribution in [1.29, 1.82) is 0 Å². The van der Waals surface area contributed by atoms with Gasteiger partial charge in [0.15, 0.2) is 12.3 Å². The van der Waals surface area contributed by atoms with E-state index in [1.54, 1.807) is 0 Å². The van der Waals surface area contributed by atoms with Gasteiger partial charge in [0, 0.05) is 45.3 Å². The minimum absolute atomic E-state index is 0.00249. The van der Waals surface area contributed by atoms with Crippen LogP contribution in [0.3, 0.4) is 0 Å². The van der Waals surface area contributed by atoms with Crippen LogP contribution in [-0.4, -0.2) is 76.6 Å². The second-order valence-electron chi connectivity index (χ2n) is 9.79. The molecule has 2 aliphatic rings. The summed E-state index contributed by atoms with van der Waals surface area (Å²) in [5.41, 5.74) is 2.70. The van der Waals surface area contributed by atoms with Gasteiger partial charge in [0.2, 0.25) is 0 Å². The fourth-order valence-electron chi connectivity index (χ4n) is 5.22. The van der Waals surface area contributed by atoms with Crippen LogP contribution in [0.5, 0.6) is 5.75 Å². The molecule has 6 rings (SSSR count). The number of hydrogen-bond acceptors (Lipinski definition) is 7. The molecule has 2 saturated heterocycles. The van der Waals surface area contributed by atoms with Gasteiger partial charge in [-0.05, 0) is 44.0 Å². The van der Waals surface area contributed by atoms with Gasteiger partial charge >= 0.3 is 0 Å². The standard InChI is InChI=1S/C29H32N6O3/c1-21-26-28(34-16-14-33(15-17-34)25(36)20-38-24-10-6-3-7-11-24)30-27(22-12-18-37-19-13-22)31-29(26)35(32-21)23-8-4-2-5-9-23/h2-11,22H,12-20H2,1H3. The number of aryl methyl sites for hydroxylation is 1. The lowest BCUT2D eigenvalue weighted by atomic mass is 9.99. The van der Waals surface area contributed by atoms with Crippen molar-refractivity contribution in [3.8, 4) is 11.4 Å². The maximum Gasteiger partial charge on any atom is 0.260 e. The highest BCUT2D eigenvalue weighted by Gasteiger charge is 2.28. The maximum atomic E-state index is 12.8. The third kappa shape index (κ3) is 4.93. The highest BCUT2D eigenvalue weighted by atomic mass is 16.5. The van der Waals surface area contributed by atoms with Crippen molar-refractivity contribution in [2.75, 3.05) is 50.9 Å². The van der Waals surface area contributed by atoms with E-state index in [4.69, 9.17) is 24.5 Å². The lowest BCUT2D eigenvalue weighted by molar-refractivity contribution is -0.133. The highest BCUT2D eigenvalue weighted by molar-refractivity contribution is 5.91. The number of fused-ring (bicyclic) bond motifs is 1. The summed E-state index contributed by atoms with van der Waals surface area (Å²) in [6, 6.07) is 19.6. The molecular formula is C29H32N6O3. The summed E-state index contributed by atoms with van der Waals surface area (Å²) in [5.74, 6) is 2.71. The number of aromatic nitrogens is 4. The van der Waals surface area contributed by atoms with E-state index in [2.05, 4.69) is 4.90 Å². The maximum absolute atomic E-state index is 12.8. The molecule has 0 aliphatic carbocycles. The van der Waals surface area contributed by atoms with Gasteiger partial charge in [-0.2, -0.15) is 5.10 Å². The van der Waals surface area contributed by atoms with Gasteiger partial charge in [0.1, 0.15) is 17.4 Å². The second-order valence-corrected chi connectivity index (χ2v) is 9.79. The number of rotatable bonds is 6. The highest BCUT2D eigenvalue weighted by Crippen LogP contribution is 2.33. The van der Waals surface area contributed by atoms with Crippen LogP contribution >= 0.6 is 0 Å². The summed E-state index contributed by atoms with van der Waals surface area (Å²) >= 11 is 0. The largest absolute Gasteiger partial charge is 0.484 e. The SMILES string of the molecule is Cc1nn(-c2ccccc2)c2nc(C3CCOCC3)nc(N3CCN(C(=O)COc4ccccc4)CC3)c12. The molecule has 0 radical (unpaired) electrons. The molecule has 4 aromatic rings. The summed E-state index contributed by atoms with van der Waals surface area (Å²) in [6.07, 6.45) is 1.82. The predicted molar refractivity (Wildman–Crippen MR) is 145 cm³/mol. The third-order valence-corrected chi connectivity index (χ3v) is 7.33. The Morgan fingerprint density at radius 3 is 2.34 bits per heavy atom. The van der Waals surface area contributed by atoms with Crippen molar-refractivity contribution < 1.29 is 14.3 Å². The van der Waals surface area contributed by atoms with E-state index < -0.39 is 0 Å². The molecule has 2 aliphatic heterocycles. The molecule has 0 N–H and O–H groups in total. The zero-order chi connectivity index (χ0) is 25.9. The number of ether oxygens (including phenoxy) is 2. The molecule has 0 spiro atoms. The Bertz CT molecular complexity index is 1390. The minimum atomic E-state index is -0.00249. The van der Waals surface area contributed by atoms with Crippen LogP contribution in [0.1, 0.15) is 30.3 Å². The molecular weight excluding hydrogens is 480 g/mol. The second kappa shape index (κ2) is 10.8. The van der Waals surface area contributed by atoms with E-state index in [9.17, 15) is 4.79 Å². The first-order chi connectivity index (χ1) is 18.7. The average Bonchev–Trinajstić information content (AvgIpc) is 3.33. The van der Waals surface area contributed by atoms with Gasteiger partial charge < -0.3 is 19.3 Å². The monoisotopic (exact) mass is 512 g/mol. The fourth-order valence-corrected chi connectivity index (χ4v) is 5.22. The molecule has 0 bridgehead atoms. The first-order valence-electron chi connectivity index (χ1n) is 13.3. The summed E-state index contributed by atoms with van der Waals surface area (Å²) < 4.78 is 13.2. The Morgan fingerprint density at radius 2 is 1.63 bits per heavy atom. The number of carbonyl (C=O) groups excluding carboxylic acids is 1. The molecule has 2 fully saturated rings. The molecule has 9 nitrogen and oxygen atoms in total. The van der Waals surface area contributed by atoms with Crippen molar-refractivity contribution in [2.24, 2.45) is 0 Å². The fraction of sp³-hybridized carbons (Fsp3) is 0.379. The number of para-hydroxylation sites is 2. The molecule has 196 valence electrons. The quantitative estimate of drug-likeness (QED) is 0.389. The number of benzene rings is 2. The van der Waals surface area contributed by atoms with Crippen molar-refractivity contribution in [3.05, 3.63) is 72.2 Å². The van der Waals surface area contributed by atoms with Crippen molar-refractivity contribution in [2.45, 2.75) is 25.7 Å². The summed E-state index contributed by atoms with van der Waals surface area (Å²) in [5, 5.41) is 5.85. The van der Waals surface area contributed by atoms with Gasteiger partial charge in [-0.3, -0.25) is 4.79 Å². The smallest absolute Gasteiger partial charge is 0.260 e. The summed E-state index contributed by atoms with van der Waals surface area (Å²) in [7, 11) is 0. The summed E-state index contributed by atoms with van der Waals surface area (Å²) in [6.45, 7) is 6.11.